The van der Waals surface area contributed by atoms with E-state index in [0.717, 1.165) is 5.56 Å². The first-order valence-electron chi connectivity index (χ1n) is 7.50. The normalized spacial score (nSPS) is 10.0. The summed E-state index contributed by atoms with van der Waals surface area (Å²) >= 11 is 11.4. The summed E-state index contributed by atoms with van der Waals surface area (Å²) in [5.41, 5.74) is 2.47. The van der Waals surface area contributed by atoms with Crippen molar-refractivity contribution in [3.63, 3.8) is 0 Å². The molecule has 0 aliphatic carbocycles. The van der Waals surface area contributed by atoms with Crippen LogP contribution in [0.5, 0.6) is 0 Å². The van der Waals surface area contributed by atoms with Crippen molar-refractivity contribution in [3.8, 4) is 0 Å². The van der Waals surface area contributed by atoms with Crippen LogP contribution in [0.2, 0.25) is 5.02 Å². The van der Waals surface area contributed by atoms with Crippen molar-refractivity contribution >= 4 is 52.2 Å². The molecule has 0 bridgehead atoms. The van der Waals surface area contributed by atoms with Gasteiger partial charge in [0, 0.05) is 16.4 Å². The molecule has 0 saturated carbocycles. The van der Waals surface area contributed by atoms with E-state index >= 15 is 0 Å². The molecule has 0 aliphatic heterocycles. The van der Waals surface area contributed by atoms with Crippen LogP contribution in [-0.4, -0.2) is 31.3 Å². The fourth-order valence-electron chi connectivity index (χ4n) is 2.14. The molecular weight excluding hydrogens is 376 g/mol. The van der Waals surface area contributed by atoms with Crippen molar-refractivity contribution in [2.45, 2.75) is 6.92 Å². The Morgan fingerprint density at radius 2 is 1.46 bits per heavy atom. The average Bonchev–Trinajstić information content (AvgIpc) is 2.62. The van der Waals surface area contributed by atoms with Gasteiger partial charge in [-0.25, -0.2) is 9.59 Å². The molecule has 0 amide bonds. The zero-order valence-electron chi connectivity index (χ0n) is 14.4. The van der Waals surface area contributed by atoms with E-state index in [2.05, 4.69) is 10.6 Å². The van der Waals surface area contributed by atoms with Crippen LogP contribution in [0.3, 0.4) is 0 Å². The summed E-state index contributed by atoms with van der Waals surface area (Å²) in [7, 11) is 2.52. The molecule has 0 radical (unpaired) electrons. The van der Waals surface area contributed by atoms with Gasteiger partial charge < -0.3 is 20.1 Å². The minimum Gasteiger partial charge on any atom is -0.465 e. The van der Waals surface area contributed by atoms with E-state index in [0.29, 0.717) is 16.4 Å². The number of methoxy groups -OCH3 is 2. The average molecular weight is 393 g/mol. The first kappa shape index (κ1) is 19.7. The highest BCUT2D eigenvalue weighted by Gasteiger charge is 2.14. The number of benzene rings is 2. The highest BCUT2D eigenvalue weighted by molar-refractivity contribution is 7.80. The molecule has 136 valence electrons. The van der Waals surface area contributed by atoms with Crippen LogP contribution in [0.4, 0.5) is 11.4 Å². The first-order chi connectivity index (χ1) is 12.3. The Hall–Kier alpha value is -2.64. The van der Waals surface area contributed by atoms with Gasteiger partial charge in [-0.05, 0) is 55.0 Å². The number of nitrogens with one attached hydrogen (secondary N) is 2. The van der Waals surface area contributed by atoms with Gasteiger partial charge in [-0.1, -0.05) is 17.7 Å². The number of anilines is 2. The van der Waals surface area contributed by atoms with Gasteiger partial charge in [0.05, 0.1) is 25.3 Å². The van der Waals surface area contributed by atoms with Crippen molar-refractivity contribution in [2.75, 3.05) is 24.9 Å². The van der Waals surface area contributed by atoms with Crippen LogP contribution in [0.25, 0.3) is 0 Å². The molecule has 0 unspecified atom stereocenters. The molecule has 26 heavy (non-hydrogen) atoms. The molecule has 0 fully saturated rings. The summed E-state index contributed by atoms with van der Waals surface area (Å²) in [6.45, 7) is 1.90. The van der Waals surface area contributed by atoms with Gasteiger partial charge in [0.2, 0.25) is 0 Å². The van der Waals surface area contributed by atoms with Crippen molar-refractivity contribution < 1.29 is 19.1 Å². The minimum absolute atomic E-state index is 0.194. The lowest BCUT2D eigenvalue weighted by Crippen LogP contribution is -2.20. The number of thiocarbonyl (C=S) groups is 1. The number of hydrogen-bond acceptors (Lipinski definition) is 5. The van der Waals surface area contributed by atoms with Gasteiger partial charge in [0.25, 0.3) is 0 Å². The molecule has 0 atom stereocenters. The second-order valence-corrected chi connectivity index (χ2v) is 6.14. The largest absolute Gasteiger partial charge is 0.465 e. The number of hydrogen-bond donors (Lipinski definition) is 2. The SMILES string of the molecule is COC(=O)c1cc(NC(=S)Nc2ccc(C)c(Cl)c2)cc(C(=O)OC)c1. The molecule has 6 nitrogen and oxygen atoms in total. The number of esters is 2. The van der Waals surface area contributed by atoms with Gasteiger partial charge in [-0.2, -0.15) is 0 Å². The molecule has 0 heterocycles. The fourth-order valence-corrected chi connectivity index (χ4v) is 2.55. The molecule has 2 aromatic rings. The van der Waals surface area contributed by atoms with E-state index in [9.17, 15) is 9.59 Å². The molecule has 0 saturated heterocycles. The predicted molar refractivity (Wildman–Crippen MR) is 105 cm³/mol. The number of aryl methyl sites for hydroxylation is 1. The summed E-state index contributed by atoms with van der Waals surface area (Å²) in [4.78, 5) is 23.6. The Bertz CT molecular complexity index is 836. The zero-order valence-corrected chi connectivity index (χ0v) is 16.0. The fraction of sp³-hybridized carbons (Fsp3) is 0.167. The van der Waals surface area contributed by atoms with E-state index in [1.807, 2.05) is 19.1 Å². The van der Waals surface area contributed by atoms with E-state index in [4.69, 9.17) is 33.3 Å². The van der Waals surface area contributed by atoms with Crippen LogP contribution >= 0.6 is 23.8 Å². The van der Waals surface area contributed by atoms with Crippen LogP contribution in [-0.2, 0) is 9.47 Å². The second-order valence-electron chi connectivity index (χ2n) is 5.33. The van der Waals surface area contributed by atoms with Gasteiger partial charge in [0.15, 0.2) is 5.11 Å². The third-order valence-electron chi connectivity index (χ3n) is 3.46. The predicted octanol–water partition coefficient (Wildman–Crippen LogP) is 4.03. The quantitative estimate of drug-likeness (QED) is 0.600. The lowest BCUT2D eigenvalue weighted by Gasteiger charge is -2.13. The Labute approximate surface area is 161 Å². The monoisotopic (exact) mass is 392 g/mol. The maximum Gasteiger partial charge on any atom is 0.337 e. The number of carbonyl (C=O) groups excluding carboxylic acids is 2. The molecule has 2 N–H and O–H groups in total. The lowest BCUT2D eigenvalue weighted by molar-refractivity contribution is 0.0599. The van der Waals surface area contributed by atoms with E-state index in [1.165, 1.54) is 32.4 Å². The number of ether oxygens (including phenoxy) is 2. The highest BCUT2D eigenvalue weighted by Crippen LogP contribution is 2.21. The highest BCUT2D eigenvalue weighted by atomic mass is 35.5. The minimum atomic E-state index is -0.581. The summed E-state index contributed by atoms with van der Waals surface area (Å²) in [6, 6.07) is 9.87. The summed E-state index contributed by atoms with van der Waals surface area (Å²) < 4.78 is 9.41. The second kappa shape index (κ2) is 8.64. The van der Waals surface area contributed by atoms with E-state index in [-0.39, 0.29) is 16.2 Å². The van der Waals surface area contributed by atoms with E-state index < -0.39 is 11.9 Å². The van der Waals surface area contributed by atoms with Gasteiger partial charge in [0.1, 0.15) is 0 Å². The smallest absolute Gasteiger partial charge is 0.337 e. The topological polar surface area (TPSA) is 76.7 Å². The van der Waals surface area contributed by atoms with Crippen molar-refractivity contribution in [3.05, 3.63) is 58.1 Å². The van der Waals surface area contributed by atoms with Gasteiger partial charge in [-0.3, -0.25) is 0 Å². The van der Waals surface area contributed by atoms with Gasteiger partial charge >= 0.3 is 11.9 Å². The number of rotatable bonds is 4. The summed E-state index contributed by atoms with van der Waals surface area (Å²) in [6.07, 6.45) is 0. The third-order valence-corrected chi connectivity index (χ3v) is 4.07. The molecular formula is C18H17ClN2O4S. The van der Waals surface area contributed by atoms with Crippen LogP contribution < -0.4 is 10.6 Å². The summed E-state index contributed by atoms with van der Waals surface area (Å²) in [5, 5.41) is 6.79. The van der Waals surface area contributed by atoms with Crippen molar-refractivity contribution in [1.82, 2.24) is 0 Å². The maximum atomic E-state index is 11.8. The first-order valence-corrected chi connectivity index (χ1v) is 8.28. The molecule has 2 rings (SSSR count). The Morgan fingerprint density at radius 1 is 0.923 bits per heavy atom. The van der Waals surface area contributed by atoms with Crippen LogP contribution in [0.15, 0.2) is 36.4 Å². The maximum absolute atomic E-state index is 11.8. The molecule has 8 heteroatoms. The molecule has 0 aliphatic rings. The Kier molecular flexibility index (Phi) is 6.54. The standard InChI is InChI=1S/C18H17ClN2O4S/c1-10-4-5-13(9-15(10)19)20-18(26)21-14-7-11(16(22)24-2)6-12(8-14)17(23)25-3/h4-9H,1-3H3,(H2,20,21,26). The van der Waals surface area contributed by atoms with Crippen molar-refractivity contribution in [1.29, 1.82) is 0 Å². The molecule has 2 aromatic carbocycles. The number of halogens is 1. The van der Waals surface area contributed by atoms with Crippen molar-refractivity contribution in [2.24, 2.45) is 0 Å². The van der Waals surface area contributed by atoms with Crippen LogP contribution in [0.1, 0.15) is 26.3 Å². The van der Waals surface area contributed by atoms with Gasteiger partial charge in [-0.15, -0.1) is 0 Å². The lowest BCUT2D eigenvalue weighted by atomic mass is 10.1. The summed E-state index contributed by atoms with van der Waals surface area (Å²) in [5.74, 6) is -1.16. The number of carbonyl (C=O) groups is 2. The third kappa shape index (κ3) is 4.93. The van der Waals surface area contributed by atoms with Crippen LogP contribution in [0, 0.1) is 6.92 Å². The molecule has 0 spiro atoms. The Balaban J connectivity index is 2.23. The Morgan fingerprint density at radius 3 is 1.96 bits per heavy atom. The zero-order chi connectivity index (χ0) is 19.3. The molecule has 0 aromatic heterocycles. The van der Waals surface area contributed by atoms with E-state index in [1.54, 1.807) is 6.07 Å².